The van der Waals surface area contributed by atoms with Crippen LogP contribution in [0.5, 0.6) is 0 Å². The Kier molecular flexibility index (Phi) is 3.24. The van der Waals surface area contributed by atoms with Crippen molar-refractivity contribution in [1.29, 1.82) is 0 Å². The van der Waals surface area contributed by atoms with Gasteiger partial charge < -0.3 is 5.32 Å². The van der Waals surface area contributed by atoms with E-state index in [0.717, 1.165) is 38.1 Å². The Morgan fingerprint density at radius 1 is 1.24 bits per heavy atom. The number of carbonyl (C=O) groups is 1. The smallest absolute Gasteiger partial charge is 0.168 e. The van der Waals surface area contributed by atoms with Crippen molar-refractivity contribution >= 4 is 5.78 Å². The van der Waals surface area contributed by atoms with Crippen LogP contribution in [-0.2, 0) is 0 Å². The molecule has 0 bridgehead atoms. The van der Waals surface area contributed by atoms with Crippen molar-refractivity contribution in [1.82, 2.24) is 5.32 Å². The summed E-state index contributed by atoms with van der Waals surface area (Å²) in [5.74, 6) is -1.98. The quantitative estimate of drug-likeness (QED) is 0.803. The van der Waals surface area contributed by atoms with E-state index < -0.39 is 17.0 Å². The number of hydrogen-bond donors (Lipinski definition) is 1. The Balaban J connectivity index is 2.26. The van der Waals surface area contributed by atoms with Crippen molar-refractivity contribution in [3.05, 3.63) is 35.4 Å². The van der Waals surface area contributed by atoms with E-state index in [0.29, 0.717) is 0 Å². The molecule has 1 aliphatic rings. The van der Waals surface area contributed by atoms with E-state index >= 15 is 0 Å². The summed E-state index contributed by atoms with van der Waals surface area (Å²) >= 11 is 0. The van der Waals surface area contributed by atoms with E-state index in [1.165, 1.54) is 6.07 Å². The van der Waals surface area contributed by atoms with Crippen LogP contribution in [0.1, 0.15) is 30.1 Å². The van der Waals surface area contributed by atoms with Gasteiger partial charge >= 0.3 is 0 Å². The SMILES string of the molecule is CC1(C(=O)c2ccc(F)c(F)c2)CCNCC1. The lowest BCUT2D eigenvalue weighted by Crippen LogP contribution is -2.40. The van der Waals surface area contributed by atoms with E-state index in [2.05, 4.69) is 5.32 Å². The summed E-state index contributed by atoms with van der Waals surface area (Å²) in [7, 11) is 0. The van der Waals surface area contributed by atoms with Gasteiger partial charge in [0.15, 0.2) is 17.4 Å². The monoisotopic (exact) mass is 239 g/mol. The molecular formula is C13H15F2NO. The number of carbonyl (C=O) groups excluding carboxylic acids is 1. The largest absolute Gasteiger partial charge is 0.317 e. The molecule has 1 fully saturated rings. The topological polar surface area (TPSA) is 29.1 Å². The summed E-state index contributed by atoms with van der Waals surface area (Å²) in [6.45, 7) is 3.45. The first-order chi connectivity index (χ1) is 8.03. The molecule has 1 aromatic rings. The predicted molar refractivity (Wildman–Crippen MR) is 60.9 cm³/mol. The molecule has 17 heavy (non-hydrogen) atoms. The molecule has 0 saturated carbocycles. The van der Waals surface area contributed by atoms with Crippen LogP contribution in [0.15, 0.2) is 18.2 Å². The van der Waals surface area contributed by atoms with Gasteiger partial charge in [0.1, 0.15) is 0 Å². The first-order valence-corrected chi connectivity index (χ1v) is 5.73. The molecule has 2 nitrogen and oxygen atoms in total. The van der Waals surface area contributed by atoms with Crippen molar-refractivity contribution < 1.29 is 13.6 Å². The van der Waals surface area contributed by atoms with Crippen LogP contribution in [0.4, 0.5) is 8.78 Å². The number of halogens is 2. The summed E-state index contributed by atoms with van der Waals surface area (Å²) in [5.41, 5.74) is -0.205. The van der Waals surface area contributed by atoms with E-state index in [1.54, 1.807) is 0 Å². The molecule has 1 aliphatic heterocycles. The van der Waals surface area contributed by atoms with Crippen LogP contribution in [0.2, 0.25) is 0 Å². The Morgan fingerprint density at radius 3 is 2.47 bits per heavy atom. The maximum atomic E-state index is 13.1. The Bertz CT molecular complexity index is 439. The zero-order chi connectivity index (χ0) is 12.5. The van der Waals surface area contributed by atoms with Gasteiger partial charge in [0.2, 0.25) is 0 Å². The molecule has 0 atom stereocenters. The first-order valence-electron chi connectivity index (χ1n) is 5.73. The number of rotatable bonds is 2. The summed E-state index contributed by atoms with van der Waals surface area (Å²) in [4.78, 5) is 12.3. The van der Waals surface area contributed by atoms with Gasteiger partial charge in [0, 0.05) is 11.0 Å². The molecular weight excluding hydrogens is 224 g/mol. The number of nitrogens with one attached hydrogen (secondary N) is 1. The third kappa shape index (κ3) is 2.36. The van der Waals surface area contributed by atoms with Crippen molar-refractivity contribution in [3.63, 3.8) is 0 Å². The van der Waals surface area contributed by atoms with Crippen LogP contribution >= 0.6 is 0 Å². The normalized spacial score (nSPS) is 19.0. The first kappa shape index (κ1) is 12.2. The van der Waals surface area contributed by atoms with Crippen molar-refractivity contribution in [2.75, 3.05) is 13.1 Å². The molecule has 0 unspecified atom stereocenters. The van der Waals surface area contributed by atoms with Crippen LogP contribution in [0.25, 0.3) is 0 Å². The number of hydrogen-bond acceptors (Lipinski definition) is 2. The lowest BCUT2D eigenvalue weighted by molar-refractivity contribution is 0.0762. The van der Waals surface area contributed by atoms with Gasteiger partial charge in [-0.3, -0.25) is 4.79 Å². The maximum absolute atomic E-state index is 13.1. The second kappa shape index (κ2) is 4.53. The number of benzene rings is 1. The molecule has 0 radical (unpaired) electrons. The molecule has 0 aliphatic carbocycles. The van der Waals surface area contributed by atoms with Gasteiger partial charge in [-0.2, -0.15) is 0 Å². The summed E-state index contributed by atoms with van der Waals surface area (Å²) in [6, 6.07) is 3.35. The predicted octanol–water partition coefficient (Wildman–Crippen LogP) is 2.54. The fraction of sp³-hybridized carbons (Fsp3) is 0.462. The minimum Gasteiger partial charge on any atom is -0.317 e. The third-order valence-electron chi connectivity index (χ3n) is 3.44. The molecule has 92 valence electrons. The van der Waals surface area contributed by atoms with E-state index in [4.69, 9.17) is 0 Å². The Morgan fingerprint density at radius 2 is 1.88 bits per heavy atom. The molecule has 1 heterocycles. The van der Waals surface area contributed by atoms with Gasteiger partial charge in [-0.05, 0) is 44.1 Å². The molecule has 0 amide bonds. The van der Waals surface area contributed by atoms with Crippen LogP contribution in [0, 0.1) is 17.0 Å². The second-order valence-corrected chi connectivity index (χ2v) is 4.77. The van der Waals surface area contributed by atoms with Crippen LogP contribution in [0.3, 0.4) is 0 Å². The highest BCUT2D eigenvalue weighted by atomic mass is 19.2. The lowest BCUT2D eigenvalue weighted by Gasteiger charge is -2.32. The van der Waals surface area contributed by atoms with Crippen LogP contribution < -0.4 is 5.32 Å². The van der Waals surface area contributed by atoms with Gasteiger partial charge in [-0.15, -0.1) is 0 Å². The fourth-order valence-electron chi connectivity index (χ4n) is 2.19. The van der Waals surface area contributed by atoms with E-state index in [-0.39, 0.29) is 11.3 Å². The third-order valence-corrected chi connectivity index (χ3v) is 3.44. The minimum absolute atomic E-state index is 0.0992. The maximum Gasteiger partial charge on any atom is 0.168 e. The average molecular weight is 239 g/mol. The highest BCUT2D eigenvalue weighted by molar-refractivity contribution is 6.00. The Labute approximate surface area is 99.0 Å². The van der Waals surface area contributed by atoms with Crippen molar-refractivity contribution in [2.45, 2.75) is 19.8 Å². The summed E-state index contributed by atoms with van der Waals surface area (Å²) in [6.07, 6.45) is 1.45. The molecule has 0 spiro atoms. The van der Waals surface area contributed by atoms with Gasteiger partial charge in [-0.1, -0.05) is 6.92 Å². The molecule has 0 aromatic heterocycles. The molecule has 2 rings (SSSR count). The number of Topliss-reactive ketones (excluding diaryl/α,β-unsaturated/α-hetero) is 1. The number of ketones is 1. The molecule has 4 heteroatoms. The minimum atomic E-state index is -0.964. The summed E-state index contributed by atoms with van der Waals surface area (Å²) < 4.78 is 25.9. The lowest BCUT2D eigenvalue weighted by atomic mass is 9.75. The van der Waals surface area contributed by atoms with E-state index in [9.17, 15) is 13.6 Å². The zero-order valence-corrected chi connectivity index (χ0v) is 9.72. The van der Waals surface area contributed by atoms with Crippen molar-refractivity contribution in [3.8, 4) is 0 Å². The standard InChI is InChI=1S/C13H15F2NO/c1-13(4-6-16-7-5-13)12(17)9-2-3-10(14)11(15)8-9/h2-3,8,16H,4-7H2,1H3. The van der Waals surface area contributed by atoms with Gasteiger partial charge in [0.25, 0.3) is 0 Å². The summed E-state index contributed by atoms with van der Waals surface area (Å²) in [5, 5.41) is 3.18. The van der Waals surface area contributed by atoms with Gasteiger partial charge in [-0.25, -0.2) is 8.78 Å². The molecule has 1 aromatic carbocycles. The fourth-order valence-corrected chi connectivity index (χ4v) is 2.19. The Hall–Kier alpha value is -1.29. The zero-order valence-electron chi connectivity index (χ0n) is 9.72. The average Bonchev–Trinajstić information content (AvgIpc) is 2.33. The molecule has 1 N–H and O–H groups in total. The number of piperidine rings is 1. The second-order valence-electron chi connectivity index (χ2n) is 4.77. The highest BCUT2D eigenvalue weighted by Gasteiger charge is 2.35. The molecule has 1 saturated heterocycles. The van der Waals surface area contributed by atoms with Crippen LogP contribution in [-0.4, -0.2) is 18.9 Å². The highest BCUT2D eigenvalue weighted by Crippen LogP contribution is 2.32. The van der Waals surface area contributed by atoms with Crippen molar-refractivity contribution in [2.24, 2.45) is 5.41 Å². The van der Waals surface area contributed by atoms with E-state index in [1.807, 2.05) is 6.92 Å². The van der Waals surface area contributed by atoms with Gasteiger partial charge in [0.05, 0.1) is 0 Å².